The summed E-state index contributed by atoms with van der Waals surface area (Å²) in [5.74, 6) is -3.32. The average Bonchev–Trinajstić information content (AvgIpc) is 3.23. The molecule has 3 aromatic rings. The maximum Gasteiger partial charge on any atom is 0.408 e. The number of amides is 1. The monoisotopic (exact) mass is 449 g/mol. The number of carbonyl (C=O) groups excluding carboxylic acids is 1. The minimum Gasteiger partial charge on any atom is -0.438 e. The van der Waals surface area contributed by atoms with Gasteiger partial charge in [0.05, 0.1) is 24.3 Å². The maximum absolute atomic E-state index is 14.7. The van der Waals surface area contributed by atoms with E-state index in [1.807, 2.05) is 0 Å². The molecule has 0 radical (unpaired) electrons. The summed E-state index contributed by atoms with van der Waals surface area (Å²) in [5, 5.41) is 6.77. The van der Waals surface area contributed by atoms with E-state index in [1.54, 1.807) is 20.8 Å². The van der Waals surface area contributed by atoms with Crippen molar-refractivity contribution in [3.8, 4) is 11.3 Å². The van der Waals surface area contributed by atoms with Crippen LogP contribution in [0.25, 0.3) is 16.9 Å². The van der Waals surface area contributed by atoms with Gasteiger partial charge in [-0.2, -0.15) is 5.10 Å². The largest absolute Gasteiger partial charge is 0.438 e. The third kappa shape index (κ3) is 4.18. The van der Waals surface area contributed by atoms with Gasteiger partial charge in [-0.15, -0.1) is 0 Å². The summed E-state index contributed by atoms with van der Waals surface area (Å²) in [5.41, 5.74) is -1.27. The summed E-state index contributed by atoms with van der Waals surface area (Å²) in [6, 6.07) is 1.43. The van der Waals surface area contributed by atoms with Crippen LogP contribution in [0.2, 0.25) is 0 Å². The van der Waals surface area contributed by atoms with Crippen molar-refractivity contribution in [1.82, 2.24) is 29.9 Å². The van der Waals surface area contributed by atoms with E-state index in [9.17, 15) is 23.2 Å². The van der Waals surface area contributed by atoms with E-state index < -0.39 is 41.5 Å². The molecule has 1 saturated heterocycles. The molecule has 0 aromatic carbocycles. The SMILES string of the molecule is CC(C)(C)NC(=O)OC1CN(c2cc(-c3c[nH]c(=O)[nH]c3=O)nn3ccnc23)CC1(F)F. The Kier molecular flexibility index (Phi) is 4.98. The van der Waals surface area contributed by atoms with Gasteiger partial charge in [0.1, 0.15) is 5.69 Å². The number of alkyl halides is 2. The zero-order valence-electron chi connectivity index (χ0n) is 17.5. The Morgan fingerprint density at radius 2 is 2.09 bits per heavy atom. The number of fused-ring (bicyclic) bond motifs is 1. The van der Waals surface area contributed by atoms with Crippen LogP contribution in [0, 0.1) is 0 Å². The van der Waals surface area contributed by atoms with Gasteiger partial charge in [-0.25, -0.2) is 27.9 Å². The van der Waals surface area contributed by atoms with Gasteiger partial charge in [0.2, 0.25) is 0 Å². The molecule has 1 unspecified atom stereocenters. The third-order valence-corrected chi connectivity index (χ3v) is 4.76. The quantitative estimate of drug-likeness (QED) is 0.545. The lowest BCUT2D eigenvalue weighted by Crippen LogP contribution is -2.45. The van der Waals surface area contributed by atoms with Crippen molar-refractivity contribution in [2.24, 2.45) is 0 Å². The number of rotatable bonds is 3. The number of nitrogens with zero attached hydrogens (tertiary/aromatic N) is 4. The van der Waals surface area contributed by atoms with Gasteiger partial charge in [-0.1, -0.05) is 0 Å². The first kappa shape index (κ1) is 21.5. The molecule has 170 valence electrons. The van der Waals surface area contributed by atoms with Crippen LogP contribution in [-0.2, 0) is 4.74 Å². The van der Waals surface area contributed by atoms with E-state index in [-0.39, 0.29) is 29.1 Å². The smallest absolute Gasteiger partial charge is 0.408 e. The molecule has 1 atom stereocenters. The Balaban J connectivity index is 1.69. The Bertz CT molecular complexity index is 1290. The third-order valence-electron chi connectivity index (χ3n) is 4.76. The van der Waals surface area contributed by atoms with Crippen molar-refractivity contribution in [1.29, 1.82) is 0 Å². The number of hydrogen-bond acceptors (Lipinski definition) is 7. The van der Waals surface area contributed by atoms with Crippen molar-refractivity contribution >= 4 is 17.4 Å². The molecular formula is C19H21F2N7O4. The number of carbonyl (C=O) groups is 1. The summed E-state index contributed by atoms with van der Waals surface area (Å²) in [6.07, 6.45) is 1.50. The van der Waals surface area contributed by atoms with Crippen LogP contribution in [0.1, 0.15) is 20.8 Å². The Morgan fingerprint density at radius 1 is 1.34 bits per heavy atom. The fraction of sp³-hybridized carbons (Fsp3) is 0.421. The first-order valence-corrected chi connectivity index (χ1v) is 9.71. The van der Waals surface area contributed by atoms with Crippen molar-refractivity contribution in [3.63, 3.8) is 0 Å². The molecule has 13 heteroatoms. The maximum atomic E-state index is 14.7. The van der Waals surface area contributed by atoms with Gasteiger partial charge < -0.3 is 19.9 Å². The van der Waals surface area contributed by atoms with Gasteiger partial charge in [0.15, 0.2) is 11.8 Å². The number of hydrogen-bond donors (Lipinski definition) is 3. The lowest BCUT2D eigenvalue weighted by atomic mass is 10.1. The predicted molar refractivity (Wildman–Crippen MR) is 110 cm³/mol. The lowest BCUT2D eigenvalue weighted by Gasteiger charge is -2.23. The van der Waals surface area contributed by atoms with Gasteiger partial charge in [-0.3, -0.25) is 9.78 Å². The number of alkyl carbamates (subject to hydrolysis) is 1. The average molecular weight is 449 g/mol. The highest BCUT2D eigenvalue weighted by atomic mass is 19.3. The van der Waals surface area contributed by atoms with Crippen molar-refractivity contribution in [2.45, 2.75) is 38.3 Å². The number of H-pyrrole nitrogens is 2. The van der Waals surface area contributed by atoms with Crippen LogP contribution in [0.3, 0.4) is 0 Å². The summed E-state index contributed by atoms with van der Waals surface area (Å²) >= 11 is 0. The molecule has 1 aliphatic heterocycles. The summed E-state index contributed by atoms with van der Waals surface area (Å²) < 4.78 is 35.8. The number of aromatic nitrogens is 5. The second-order valence-electron chi connectivity index (χ2n) is 8.51. The van der Waals surface area contributed by atoms with E-state index in [0.29, 0.717) is 0 Å². The highest BCUT2D eigenvalue weighted by molar-refractivity contribution is 5.75. The molecule has 0 spiro atoms. The zero-order valence-corrected chi connectivity index (χ0v) is 17.5. The number of halogens is 2. The normalized spacial score (nSPS) is 18.2. The summed E-state index contributed by atoms with van der Waals surface area (Å²) in [4.78, 5) is 45.5. The van der Waals surface area contributed by atoms with E-state index >= 15 is 0 Å². The molecule has 32 heavy (non-hydrogen) atoms. The van der Waals surface area contributed by atoms with Crippen LogP contribution < -0.4 is 21.5 Å². The molecule has 1 amide bonds. The van der Waals surface area contributed by atoms with Crippen molar-refractivity contribution in [2.75, 3.05) is 18.0 Å². The number of aromatic amines is 2. The first-order valence-electron chi connectivity index (χ1n) is 9.71. The highest BCUT2D eigenvalue weighted by Crippen LogP contribution is 2.35. The Hall–Kier alpha value is -3.77. The van der Waals surface area contributed by atoms with Gasteiger partial charge in [0, 0.05) is 24.1 Å². The van der Waals surface area contributed by atoms with E-state index in [4.69, 9.17) is 4.74 Å². The number of imidazole rings is 1. The van der Waals surface area contributed by atoms with Crippen LogP contribution >= 0.6 is 0 Å². The van der Waals surface area contributed by atoms with Crippen LogP contribution in [-0.4, -0.2) is 61.3 Å². The number of anilines is 1. The molecule has 3 N–H and O–H groups in total. The summed E-state index contributed by atoms with van der Waals surface area (Å²) in [7, 11) is 0. The molecule has 11 nitrogen and oxygen atoms in total. The number of nitrogens with one attached hydrogen (secondary N) is 3. The minimum absolute atomic E-state index is 0.0461. The fourth-order valence-electron chi connectivity index (χ4n) is 3.39. The zero-order chi connectivity index (χ0) is 23.3. The molecule has 3 aromatic heterocycles. The first-order chi connectivity index (χ1) is 14.9. The number of ether oxygens (including phenoxy) is 1. The van der Waals surface area contributed by atoms with Crippen LogP contribution in [0.5, 0.6) is 0 Å². The van der Waals surface area contributed by atoms with Gasteiger partial charge >= 0.3 is 17.7 Å². The summed E-state index contributed by atoms with van der Waals surface area (Å²) in [6.45, 7) is 4.10. The molecular weight excluding hydrogens is 428 g/mol. The van der Waals surface area contributed by atoms with Crippen molar-refractivity contribution in [3.05, 3.63) is 45.5 Å². The Labute approximate surface area is 179 Å². The minimum atomic E-state index is -3.32. The molecule has 0 bridgehead atoms. The topological polar surface area (TPSA) is 137 Å². The second-order valence-corrected chi connectivity index (χ2v) is 8.51. The van der Waals surface area contributed by atoms with E-state index in [1.165, 1.54) is 34.1 Å². The molecule has 1 fully saturated rings. The van der Waals surface area contributed by atoms with Crippen LogP contribution in [0.15, 0.2) is 34.2 Å². The standard InChI is InChI=1S/C19H21F2N7O4/c1-18(2,3)25-17(31)32-13-8-27(9-19(13,20)21)12-6-11(26-28-5-4-22-14(12)28)10-7-23-16(30)24-15(10)29/h4-7,13H,8-9H2,1-3H3,(H,25,31)(H2,23,24,29,30). The van der Waals surface area contributed by atoms with E-state index in [0.717, 1.165) is 0 Å². The molecule has 0 aliphatic carbocycles. The fourth-order valence-corrected chi connectivity index (χ4v) is 3.39. The van der Waals surface area contributed by atoms with Gasteiger partial charge in [0.25, 0.3) is 5.56 Å². The van der Waals surface area contributed by atoms with Gasteiger partial charge in [-0.05, 0) is 26.8 Å². The second kappa shape index (κ2) is 7.43. The van der Waals surface area contributed by atoms with Crippen molar-refractivity contribution < 1.29 is 18.3 Å². The highest BCUT2D eigenvalue weighted by Gasteiger charge is 2.51. The lowest BCUT2D eigenvalue weighted by molar-refractivity contribution is -0.0771. The molecule has 1 aliphatic rings. The predicted octanol–water partition coefficient (Wildman–Crippen LogP) is 1.12. The Morgan fingerprint density at radius 3 is 2.78 bits per heavy atom. The molecule has 4 heterocycles. The van der Waals surface area contributed by atoms with E-state index in [2.05, 4.69) is 25.4 Å². The van der Waals surface area contributed by atoms with Crippen LogP contribution in [0.4, 0.5) is 19.3 Å². The molecule has 4 rings (SSSR count). The molecule has 0 saturated carbocycles.